The van der Waals surface area contributed by atoms with E-state index in [1.54, 1.807) is 0 Å². The van der Waals surface area contributed by atoms with Gasteiger partial charge in [-0.25, -0.2) is 4.98 Å². The second-order valence-electron chi connectivity index (χ2n) is 4.43. The van der Waals surface area contributed by atoms with Crippen LogP contribution in [0.4, 0.5) is 5.69 Å². The zero-order valence-corrected chi connectivity index (χ0v) is 9.02. The van der Waals surface area contributed by atoms with E-state index in [9.17, 15) is 0 Å². The fourth-order valence-corrected chi connectivity index (χ4v) is 2.50. The number of nitrogens with zero attached hydrogens (tertiary/aromatic N) is 1. The molecule has 1 heterocycles. The number of nitrogens with two attached hydrogens (primary N) is 1. The van der Waals surface area contributed by atoms with Crippen molar-refractivity contribution in [2.45, 2.75) is 24.7 Å². The average molecular weight is 214 g/mol. The molecule has 1 aromatic heterocycles. The molecule has 3 heteroatoms. The lowest BCUT2D eigenvalue weighted by molar-refractivity contribution is 0.249. The number of aromatic nitrogens is 1. The summed E-state index contributed by atoms with van der Waals surface area (Å²) in [5.74, 6) is 0.962. The molecule has 1 fully saturated rings. The Hall–Kier alpha value is -1.77. The van der Waals surface area contributed by atoms with Crippen LogP contribution in [-0.4, -0.2) is 4.98 Å². The summed E-state index contributed by atoms with van der Waals surface area (Å²) in [5, 5.41) is 0. The van der Waals surface area contributed by atoms with Crippen LogP contribution in [-0.2, 0) is 5.41 Å². The number of anilines is 1. The summed E-state index contributed by atoms with van der Waals surface area (Å²) in [6.07, 6.45) is 6.79. The summed E-state index contributed by atoms with van der Waals surface area (Å²) >= 11 is 0. The summed E-state index contributed by atoms with van der Waals surface area (Å²) in [6.45, 7) is 0. The van der Waals surface area contributed by atoms with E-state index in [0.29, 0.717) is 0 Å². The first-order valence-corrected chi connectivity index (χ1v) is 5.56. The monoisotopic (exact) mass is 214 g/mol. The predicted octanol–water partition coefficient (Wildman–Crippen LogP) is 2.73. The van der Waals surface area contributed by atoms with Crippen LogP contribution >= 0.6 is 0 Å². The van der Waals surface area contributed by atoms with Crippen LogP contribution in [0, 0.1) is 0 Å². The maximum atomic E-state index is 5.84. The van der Waals surface area contributed by atoms with Gasteiger partial charge in [-0.05, 0) is 30.5 Å². The fraction of sp³-hybridized carbons (Fsp3) is 0.308. The van der Waals surface area contributed by atoms with Gasteiger partial charge in [-0.2, -0.15) is 0 Å². The third kappa shape index (κ3) is 1.24. The molecule has 1 aliphatic rings. The van der Waals surface area contributed by atoms with Crippen molar-refractivity contribution in [1.82, 2.24) is 4.98 Å². The zero-order valence-electron chi connectivity index (χ0n) is 9.02. The normalized spacial score (nSPS) is 18.0. The predicted molar refractivity (Wildman–Crippen MR) is 62.0 cm³/mol. The van der Waals surface area contributed by atoms with Crippen molar-refractivity contribution in [2.24, 2.45) is 0 Å². The highest BCUT2D eigenvalue weighted by molar-refractivity contribution is 5.47. The molecule has 0 amide bonds. The van der Waals surface area contributed by atoms with Crippen LogP contribution in [0.5, 0.6) is 0 Å². The van der Waals surface area contributed by atoms with Gasteiger partial charge >= 0.3 is 0 Å². The molecule has 3 rings (SSSR count). The molecule has 0 atom stereocenters. The molecule has 2 N–H and O–H groups in total. The summed E-state index contributed by atoms with van der Waals surface area (Å²) < 4.78 is 5.48. The van der Waals surface area contributed by atoms with Crippen LogP contribution in [0.1, 0.15) is 30.6 Å². The van der Waals surface area contributed by atoms with Crippen LogP contribution < -0.4 is 5.73 Å². The molecule has 1 aliphatic carbocycles. The van der Waals surface area contributed by atoms with Crippen molar-refractivity contribution in [3.8, 4) is 0 Å². The van der Waals surface area contributed by atoms with E-state index in [2.05, 4.69) is 11.1 Å². The van der Waals surface area contributed by atoms with Gasteiger partial charge in [0.05, 0.1) is 11.6 Å². The van der Waals surface area contributed by atoms with Gasteiger partial charge in [0.2, 0.25) is 0 Å². The second-order valence-corrected chi connectivity index (χ2v) is 4.43. The Kier molecular flexibility index (Phi) is 1.99. The molecule has 82 valence electrons. The first kappa shape index (κ1) is 9.46. The molecule has 16 heavy (non-hydrogen) atoms. The highest BCUT2D eigenvalue weighted by Gasteiger charge is 2.43. The Balaban J connectivity index is 2.09. The van der Waals surface area contributed by atoms with E-state index in [1.807, 2.05) is 24.4 Å². The Morgan fingerprint density at radius 1 is 1.31 bits per heavy atom. The van der Waals surface area contributed by atoms with E-state index in [-0.39, 0.29) is 5.41 Å². The van der Waals surface area contributed by atoms with Gasteiger partial charge in [0.1, 0.15) is 5.76 Å². The molecule has 0 saturated heterocycles. The van der Waals surface area contributed by atoms with Gasteiger partial charge in [-0.15, -0.1) is 0 Å². The van der Waals surface area contributed by atoms with Crippen molar-refractivity contribution in [2.75, 3.05) is 5.73 Å². The number of hydrogen-bond donors (Lipinski definition) is 1. The van der Waals surface area contributed by atoms with Gasteiger partial charge in [-0.3, -0.25) is 0 Å². The molecule has 0 bridgehead atoms. The zero-order chi connectivity index (χ0) is 11.0. The summed E-state index contributed by atoms with van der Waals surface area (Å²) in [4.78, 5) is 4.02. The smallest absolute Gasteiger partial charge is 0.180 e. The number of oxazole rings is 1. The largest absolute Gasteiger partial charge is 0.448 e. The van der Waals surface area contributed by atoms with E-state index < -0.39 is 0 Å². The topological polar surface area (TPSA) is 52.0 Å². The van der Waals surface area contributed by atoms with Crippen molar-refractivity contribution in [1.29, 1.82) is 0 Å². The maximum Gasteiger partial charge on any atom is 0.180 e. The van der Waals surface area contributed by atoms with Gasteiger partial charge in [-0.1, -0.05) is 18.6 Å². The number of hydrogen-bond acceptors (Lipinski definition) is 3. The first-order chi connectivity index (χ1) is 7.81. The molecule has 0 radical (unpaired) electrons. The summed E-state index contributed by atoms with van der Waals surface area (Å²) in [7, 11) is 0. The van der Waals surface area contributed by atoms with Crippen LogP contribution in [0.15, 0.2) is 41.3 Å². The highest BCUT2D eigenvalue weighted by atomic mass is 16.3. The molecular weight excluding hydrogens is 200 g/mol. The molecule has 0 spiro atoms. The Morgan fingerprint density at radius 2 is 2.19 bits per heavy atom. The minimum Gasteiger partial charge on any atom is -0.448 e. The van der Waals surface area contributed by atoms with E-state index >= 15 is 0 Å². The third-order valence-electron chi connectivity index (χ3n) is 3.55. The molecule has 2 aromatic rings. The Labute approximate surface area is 94.3 Å². The van der Waals surface area contributed by atoms with Crippen molar-refractivity contribution >= 4 is 5.69 Å². The molecule has 3 nitrogen and oxygen atoms in total. The number of benzene rings is 1. The quantitative estimate of drug-likeness (QED) is 0.782. The summed E-state index contributed by atoms with van der Waals surface area (Å²) in [6, 6.07) is 8.08. The van der Waals surface area contributed by atoms with Crippen molar-refractivity contribution in [3.63, 3.8) is 0 Å². The van der Waals surface area contributed by atoms with Crippen LogP contribution in [0.3, 0.4) is 0 Å². The minimum atomic E-state index is 0.0197. The highest BCUT2D eigenvalue weighted by Crippen LogP contribution is 2.49. The van der Waals surface area contributed by atoms with E-state index in [0.717, 1.165) is 24.3 Å². The number of nitrogen functional groups attached to an aromatic ring is 1. The lowest BCUT2D eigenvalue weighted by Gasteiger charge is -2.40. The summed E-state index contributed by atoms with van der Waals surface area (Å²) in [5.41, 5.74) is 7.92. The van der Waals surface area contributed by atoms with E-state index in [1.165, 1.54) is 18.4 Å². The molecule has 0 unspecified atom stereocenters. The third-order valence-corrected chi connectivity index (χ3v) is 3.55. The van der Waals surface area contributed by atoms with Crippen LogP contribution in [0.2, 0.25) is 0 Å². The van der Waals surface area contributed by atoms with Crippen molar-refractivity contribution in [3.05, 3.63) is 48.2 Å². The standard InChI is InChI=1S/C13H14N2O/c14-11-4-1-3-10(7-11)13(5-2-6-13)12-8-15-9-16-12/h1,3-4,7-9H,2,5-6,14H2. The molecular formula is C13H14N2O. The number of rotatable bonds is 2. The van der Waals surface area contributed by atoms with Gasteiger partial charge in [0.25, 0.3) is 0 Å². The second kappa shape index (κ2) is 3.37. The minimum absolute atomic E-state index is 0.0197. The SMILES string of the molecule is Nc1cccc(C2(c3cnco3)CCC2)c1. The maximum absolute atomic E-state index is 5.84. The fourth-order valence-electron chi connectivity index (χ4n) is 2.50. The molecule has 0 aliphatic heterocycles. The molecule has 1 aromatic carbocycles. The van der Waals surface area contributed by atoms with E-state index in [4.69, 9.17) is 10.2 Å². The first-order valence-electron chi connectivity index (χ1n) is 5.56. The Bertz CT molecular complexity index is 486. The lowest BCUT2D eigenvalue weighted by Crippen LogP contribution is -2.35. The van der Waals surface area contributed by atoms with Crippen molar-refractivity contribution < 1.29 is 4.42 Å². The molecule has 1 saturated carbocycles. The van der Waals surface area contributed by atoms with Gasteiger partial charge in [0.15, 0.2) is 6.39 Å². The Morgan fingerprint density at radius 3 is 2.75 bits per heavy atom. The van der Waals surface area contributed by atoms with Gasteiger partial charge < -0.3 is 10.2 Å². The lowest BCUT2D eigenvalue weighted by atomic mass is 9.63. The average Bonchev–Trinajstić information content (AvgIpc) is 2.70. The van der Waals surface area contributed by atoms with Crippen LogP contribution in [0.25, 0.3) is 0 Å². The van der Waals surface area contributed by atoms with Gasteiger partial charge in [0, 0.05) is 5.69 Å².